The van der Waals surface area contributed by atoms with Gasteiger partial charge in [-0.05, 0) is 65.7 Å². The molecule has 2 aliphatic rings. The Balaban J connectivity index is 1.32. The summed E-state index contributed by atoms with van der Waals surface area (Å²) in [4.78, 5) is 52.7. The second kappa shape index (κ2) is 9.27. The van der Waals surface area contributed by atoms with Gasteiger partial charge in [0.2, 0.25) is 5.91 Å². The molecule has 0 aliphatic carbocycles. The van der Waals surface area contributed by atoms with Crippen LogP contribution < -0.4 is 0 Å². The number of rotatable bonds is 5. The number of imide groups is 1. The molecule has 8 nitrogen and oxygen atoms in total. The van der Waals surface area contributed by atoms with Crippen LogP contribution in [-0.2, 0) is 22.6 Å². The third-order valence-electron chi connectivity index (χ3n) is 6.08. The van der Waals surface area contributed by atoms with Gasteiger partial charge in [0.1, 0.15) is 6.54 Å². The molecule has 3 aromatic rings. The van der Waals surface area contributed by atoms with Crippen molar-refractivity contribution in [3.63, 3.8) is 0 Å². The summed E-state index contributed by atoms with van der Waals surface area (Å²) in [5, 5.41) is 8.78. The highest BCUT2D eigenvalue weighted by atomic mass is 32.2. The normalized spacial score (nSPS) is 16.6. The maximum atomic E-state index is 13.0. The van der Waals surface area contributed by atoms with E-state index in [1.54, 1.807) is 46.0 Å². The largest absolute Gasteiger partial charge is 0.478 e. The minimum Gasteiger partial charge on any atom is -0.478 e. The van der Waals surface area contributed by atoms with E-state index in [4.69, 9.17) is 0 Å². The summed E-state index contributed by atoms with van der Waals surface area (Å²) in [6, 6.07) is 17.9. The van der Waals surface area contributed by atoms with Crippen molar-refractivity contribution in [1.82, 2.24) is 14.4 Å². The maximum absolute atomic E-state index is 13.0. The van der Waals surface area contributed by atoms with Crippen LogP contribution in [0.2, 0.25) is 0 Å². The van der Waals surface area contributed by atoms with E-state index in [2.05, 4.69) is 0 Å². The van der Waals surface area contributed by atoms with Crippen molar-refractivity contribution in [2.45, 2.75) is 13.0 Å². The van der Waals surface area contributed by atoms with Gasteiger partial charge in [-0.3, -0.25) is 19.3 Å². The van der Waals surface area contributed by atoms with Crippen molar-refractivity contribution < 1.29 is 24.3 Å². The van der Waals surface area contributed by atoms with Crippen molar-refractivity contribution in [2.24, 2.45) is 0 Å². The topological polar surface area (TPSA) is 99.9 Å². The molecule has 2 aliphatic heterocycles. The standard InChI is InChI=1S/C26H21N3O5S/c30-23(27-12-10-17-5-1-2-6-19(17)15-27)16-29-24(31)22(35-26(29)34)14-21-9-4-11-28(21)20-8-3-7-18(13-20)25(32)33/h1-9,11,13-14H,10,12,15-16H2,(H,32,33). The van der Waals surface area contributed by atoms with Gasteiger partial charge in [-0.1, -0.05) is 30.3 Å². The second-order valence-electron chi connectivity index (χ2n) is 8.26. The summed E-state index contributed by atoms with van der Waals surface area (Å²) in [7, 11) is 0. The molecule has 3 amide bonds. The molecular weight excluding hydrogens is 466 g/mol. The minimum atomic E-state index is -1.04. The molecule has 0 saturated carbocycles. The first-order valence-corrected chi connectivity index (χ1v) is 11.8. The van der Waals surface area contributed by atoms with E-state index in [1.165, 1.54) is 17.7 Å². The fourth-order valence-corrected chi connectivity index (χ4v) is 5.07. The lowest BCUT2D eigenvalue weighted by atomic mass is 10.00. The van der Waals surface area contributed by atoms with Crippen LogP contribution in [0.3, 0.4) is 0 Å². The van der Waals surface area contributed by atoms with Gasteiger partial charge >= 0.3 is 5.97 Å². The highest BCUT2D eigenvalue weighted by Gasteiger charge is 2.37. The number of carboxylic acids is 1. The average molecular weight is 488 g/mol. The minimum absolute atomic E-state index is 0.140. The van der Waals surface area contributed by atoms with Gasteiger partial charge in [-0.15, -0.1) is 0 Å². The number of aromatic carboxylic acids is 1. The van der Waals surface area contributed by atoms with E-state index in [1.807, 2.05) is 24.3 Å². The summed E-state index contributed by atoms with van der Waals surface area (Å²) >= 11 is 0.790. The molecule has 1 N–H and O–H groups in total. The van der Waals surface area contributed by atoms with Crippen LogP contribution >= 0.6 is 11.8 Å². The average Bonchev–Trinajstić information content (AvgIpc) is 3.43. The predicted octanol–water partition coefficient (Wildman–Crippen LogP) is 3.80. The van der Waals surface area contributed by atoms with E-state index >= 15 is 0 Å². The number of carbonyl (C=O) groups excluding carboxylic acids is 3. The number of aromatic nitrogens is 1. The van der Waals surface area contributed by atoms with E-state index in [0.29, 0.717) is 24.5 Å². The van der Waals surface area contributed by atoms with Crippen molar-refractivity contribution in [3.8, 4) is 5.69 Å². The van der Waals surface area contributed by atoms with Crippen molar-refractivity contribution in [1.29, 1.82) is 0 Å². The number of carboxylic acid groups (broad SMARTS) is 1. The molecule has 9 heteroatoms. The van der Waals surface area contributed by atoms with Crippen LogP contribution in [-0.4, -0.2) is 55.6 Å². The zero-order chi connectivity index (χ0) is 24.5. The number of thioether (sulfide) groups is 1. The number of hydrogen-bond donors (Lipinski definition) is 1. The monoisotopic (exact) mass is 487 g/mol. The zero-order valence-corrected chi connectivity index (χ0v) is 19.4. The van der Waals surface area contributed by atoms with Crippen LogP contribution in [0.1, 0.15) is 27.2 Å². The fourth-order valence-electron chi connectivity index (χ4n) is 4.25. The van der Waals surface area contributed by atoms with E-state index < -0.39 is 17.1 Å². The molecule has 1 fully saturated rings. The van der Waals surface area contributed by atoms with E-state index in [-0.39, 0.29) is 22.9 Å². The Kier molecular flexibility index (Phi) is 6.00. The molecular formula is C26H21N3O5S. The van der Waals surface area contributed by atoms with Crippen molar-refractivity contribution >= 4 is 40.9 Å². The predicted molar refractivity (Wildman–Crippen MR) is 131 cm³/mol. The number of amides is 3. The first-order chi connectivity index (χ1) is 16.9. The number of carbonyl (C=O) groups is 4. The van der Waals surface area contributed by atoms with Crippen molar-refractivity contribution in [3.05, 3.63) is 94.1 Å². The van der Waals surface area contributed by atoms with Crippen LogP contribution in [0.15, 0.2) is 71.8 Å². The van der Waals surface area contributed by atoms with E-state index in [9.17, 15) is 24.3 Å². The van der Waals surface area contributed by atoms with Gasteiger partial charge in [-0.25, -0.2) is 4.79 Å². The quantitative estimate of drug-likeness (QED) is 0.550. The Hall–Kier alpha value is -4.11. The smallest absolute Gasteiger partial charge is 0.335 e. The Morgan fingerprint density at radius 1 is 1.00 bits per heavy atom. The third-order valence-corrected chi connectivity index (χ3v) is 6.99. The highest BCUT2D eigenvalue weighted by molar-refractivity contribution is 8.18. The summed E-state index contributed by atoms with van der Waals surface area (Å²) < 4.78 is 1.73. The fraction of sp³-hybridized carbons (Fsp3) is 0.154. The molecule has 0 spiro atoms. The Morgan fingerprint density at radius 3 is 2.60 bits per heavy atom. The second-order valence-corrected chi connectivity index (χ2v) is 9.25. The Labute approximate surface area is 205 Å². The van der Waals surface area contributed by atoms with Crippen LogP contribution in [0, 0.1) is 0 Å². The van der Waals surface area contributed by atoms with Gasteiger partial charge in [-0.2, -0.15) is 0 Å². The lowest BCUT2D eigenvalue weighted by Crippen LogP contribution is -2.44. The zero-order valence-electron chi connectivity index (χ0n) is 18.6. The van der Waals surface area contributed by atoms with Gasteiger partial charge in [0, 0.05) is 30.7 Å². The Morgan fingerprint density at radius 2 is 1.80 bits per heavy atom. The first kappa shape index (κ1) is 22.7. The molecule has 176 valence electrons. The molecule has 1 saturated heterocycles. The molecule has 5 rings (SSSR count). The van der Waals surface area contributed by atoms with Gasteiger partial charge in [0.15, 0.2) is 0 Å². The van der Waals surface area contributed by atoms with E-state index in [0.717, 1.165) is 28.6 Å². The molecule has 3 heterocycles. The van der Waals surface area contributed by atoms with Crippen LogP contribution in [0.25, 0.3) is 11.8 Å². The van der Waals surface area contributed by atoms with Gasteiger partial charge in [0.25, 0.3) is 11.1 Å². The molecule has 0 atom stereocenters. The SMILES string of the molecule is O=C(O)c1cccc(-n2cccc2C=C2SC(=O)N(CC(=O)N3CCc4ccccc4C3)C2=O)c1. The molecule has 2 aromatic carbocycles. The summed E-state index contributed by atoms with van der Waals surface area (Å²) in [5.74, 6) is -1.82. The molecule has 0 unspecified atom stereocenters. The number of nitrogens with zero attached hydrogens (tertiary/aromatic N) is 3. The van der Waals surface area contributed by atoms with Crippen molar-refractivity contribution in [2.75, 3.05) is 13.1 Å². The Bertz CT molecular complexity index is 1390. The highest BCUT2D eigenvalue weighted by Crippen LogP contribution is 2.33. The molecule has 0 bridgehead atoms. The maximum Gasteiger partial charge on any atom is 0.335 e. The van der Waals surface area contributed by atoms with Crippen LogP contribution in [0.4, 0.5) is 4.79 Å². The van der Waals surface area contributed by atoms with Gasteiger partial charge in [0.05, 0.1) is 10.5 Å². The number of benzene rings is 2. The summed E-state index contributed by atoms with van der Waals surface area (Å²) in [6.07, 6.45) is 4.07. The molecule has 0 radical (unpaired) electrons. The number of fused-ring (bicyclic) bond motifs is 1. The van der Waals surface area contributed by atoms with Crippen LogP contribution in [0.5, 0.6) is 0 Å². The lowest BCUT2D eigenvalue weighted by molar-refractivity contribution is -0.136. The number of hydrogen-bond acceptors (Lipinski definition) is 5. The lowest BCUT2D eigenvalue weighted by Gasteiger charge is -2.29. The molecule has 35 heavy (non-hydrogen) atoms. The van der Waals surface area contributed by atoms with Gasteiger partial charge < -0.3 is 14.6 Å². The summed E-state index contributed by atoms with van der Waals surface area (Å²) in [6.45, 7) is 0.709. The third kappa shape index (κ3) is 4.50. The molecule has 1 aromatic heterocycles. The summed E-state index contributed by atoms with van der Waals surface area (Å²) in [5.41, 5.74) is 3.65. The first-order valence-electron chi connectivity index (χ1n) is 11.0.